The number of hydrogen-bond acceptors (Lipinski definition) is 2. The molecule has 0 bridgehead atoms. The lowest BCUT2D eigenvalue weighted by atomic mass is 9.78. The molecular formula is C18H27BrN2. The fourth-order valence-corrected chi connectivity index (χ4v) is 4.74. The molecule has 1 aromatic rings. The van der Waals surface area contributed by atoms with E-state index in [1.54, 1.807) is 0 Å². The Balaban J connectivity index is 1.85. The van der Waals surface area contributed by atoms with Crippen LogP contribution in [0, 0.1) is 5.92 Å². The second-order valence-electron chi connectivity index (χ2n) is 6.67. The predicted octanol–water partition coefficient (Wildman–Crippen LogP) is 4.89. The van der Waals surface area contributed by atoms with Gasteiger partial charge in [-0.1, -0.05) is 18.9 Å². The molecule has 21 heavy (non-hydrogen) atoms. The molecule has 3 rings (SSSR count). The van der Waals surface area contributed by atoms with E-state index in [1.807, 2.05) is 7.05 Å². The van der Waals surface area contributed by atoms with Crippen molar-refractivity contribution < 1.29 is 0 Å². The lowest BCUT2D eigenvalue weighted by Crippen LogP contribution is -2.47. The van der Waals surface area contributed by atoms with E-state index in [1.165, 1.54) is 60.8 Å². The topological polar surface area (TPSA) is 15.3 Å². The van der Waals surface area contributed by atoms with Crippen molar-refractivity contribution in [3.05, 3.63) is 28.2 Å². The number of anilines is 1. The zero-order chi connectivity index (χ0) is 14.8. The lowest BCUT2D eigenvalue weighted by molar-refractivity contribution is 0.243. The summed E-state index contributed by atoms with van der Waals surface area (Å²) < 4.78 is 1.26. The molecular weight excluding hydrogens is 324 g/mol. The van der Waals surface area contributed by atoms with Crippen LogP contribution in [-0.4, -0.2) is 19.6 Å². The first-order valence-corrected chi connectivity index (χ1v) is 9.23. The van der Waals surface area contributed by atoms with Crippen LogP contribution in [0.3, 0.4) is 0 Å². The number of halogens is 1. The Hall–Kier alpha value is -0.540. The first-order chi connectivity index (χ1) is 10.2. The summed E-state index contributed by atoms with van der Waals surface area (Å²) in [5.74, 6) is 0.926. The van der Waals surface area contributed by atoms with Gasteiger partial charge < -0.3 is 10.2 Å². The summed E-state index contributed by atoms with van der Waals surface area (Å²) in [4.78, 5) is 2.69. The number of benzene rings is 1. The molecule has 0 radical (unpaired) electrons. The van der Waals surface area contributed by atoms with Gasteiger partial charge in [-0.25, -0.2) is 0 Å². The summed E-state index contributed by atoms with van der Waals surface area (Å²) in [5.41, 5.74) is 2.75. The Bertz CT molecular complexity index is 486. The van der Waals surface area contributed by atoms with Crippen molar-refractivity contribution in [2.24, 2.45) is 5.92 Å². The molecule has 3 unspecified atom stereocenters. The molecule has 1 aliphatic heterocycles. The molecule has 1 aromatic carbocycles. The minimum Gasteiger partial charge on any atom is -0.367 e. The Labute approximate surface area is 137 Å². The van der Waals surface area contributed by atoms with Crippen molar-refractivity contribution in [3.63, 3.8) is 0 Å². The van der Waals surface area contributed by atoms with Crippen LogP contribution in [-0.2, 0) is 0 Å². The van der Waals surface area contributed by atoms with Crippen LogP contribution in [0.4, 0.5) is 5.69 Å². The van der Waals surface area contributed by atoms with Gasteiger partial charge in [-0.05, 0) is 79.2 Å². The van der Waals surface area contributed by atoms with Crippen LogP contribution >= 0.6 is 15.9 Å². The molecule has 3 heteroatoms. The Morgan fingerprint density at radius 3 is 2.71 bits per heavy atom. The first kappa shape index (κ1) is 15.4. The highest BCUT2D eigenvalue weighted by Gasteiger charge is 2.33. The third kappa shape index (κ3) is 3.14. The summed E-state index contributed by atoms with van der Waals surface area (Å²) in [6, 6.07) is 8.08. The standard InChI is InChI=1S/C18H27BrN2/c1-13(20-2)15-9-10-18(16(19)12-15)21-11-5-7-14-6-3-4-8-17(14)21/h9-10,12-14,17,20H,3-8,11H2,1-2H3. The van der Waals surface area contributed by atoms with E-state index in [9.17, 15) is 0 Å². The zero-order valence-electron chi connectivity index (χ0n) is 13.2. The molecule has 0 spiro atoms. The minimum absolute atomic E-state index is 0.402. The molecule has 2 nitrogen and oxygen atoms in total. The second kappa shape index (κ2) is 6.70. The zero-order valence-corrected chi connectivity index (χ0v) is 14.8. The van der Waals surface area contributed by atoms with Crippen LogP contribution in [0.5, 0.6) is 0 Å². The quantitative estimate of drug-likeness (QED) is 0.834. The largest absolute Gasteiger partial charge is 0.367 e. The minimum atomic E-state index is 0.402. The van der Waals surface area contributed by atoms with Crippen molar-refractivity contribution in [2.45, 2.75) is 57.5 Å². The molecule has 0 amide bonds. The molecule has 116 valence electrons. The third-order valence-corrected chi connectivity index (χ3v) is 6.09. The normalized spacial score (nSPS) is 27.3. The Morgan fingerprint density at radius 2 is 1.95 bits per heavy atom. The van der Waals surface area contributed by atoms with Crippen LogP contribution in [0.1, 0.15) is 57.1 Å². The lowest BCUT2D eigenvalue weighted by Gasteiger charge is -2.45. The SMILES string of the molecule is CNC(C)c1ccc(N2CCCC3CCCCC32)c(Br)c1. The number of nitrogens with zero attached hydrogens (tertiary/aromatic N) is 1. The number of nitrogens with one attached hydrogen (secondary N) is 1. The molecule has 1 saturated heterocycles. The number of rotatable bonds is 3. The smallest absolute Gasteiger partial charge is 0.0513 e. The van der Waals surface area contributed by atoms with Crippen LogP contribution < -0.4 is 10.2 Å². The molecule has 1 heterocycles. The van der Waals surface area contributed by atoms with E-state index >= 15 is 0 Å². The summed E-state index contributed by atoms with van der Waals surface area (Å²) >= 11 is 3.83. The summed E-state index contributed by atoms with van der Waals surface area (Å²) in [6.45, 7) is 3.43. The third-order valence-electron chi connectivity index (χ3n) is 5.46. The fourth-order valence-electron chi connectivity index (χ4n) is 4.12. The maximum Gasteiger partial charge on any atom is 0.0513 e. The summed E-state index contributed by atoms with van der Waals surface area (Å²) in [6.07, 6.45) is 8.45. The van der Waals surface area contributed by atoms with Gasteiger partial charge in [-0.2, -0.15) is 0 Å². The van der Waals surface area contributed by atoms with Gasteiger partial charge in [-0.15, -0.1) is 0 Å². The number of fused-ring (bicyclic) bond motifs is 1. The van der Waals surface area contributed by atoms with Crippen molar-refractivity contribution in [1.29, 1.82) is 0 Å². The van der Waals surface area contributed by atoms with Gasteiger partial charge in [0, 0.05) is 23.1 Å². The van der Waals surface area contributed by atoms with Crippen molar-refractivity contribution in [2.75, 3.05) is 18.5 Å². The van der Waals surface area contributed by atoms with Gasteiger partial charge in [0.05, 0.1) is 5.69 Å². The highest BCUT2D eigenvalue weighted by molar-refractivity contribution is 9.10. The van der Waals surface area contributed by atoms with Gasteiger partial charge in [0.2, 0.25) is 0 Å². The first-order valence-electron chi connectivity index (χ1n) is 8.44. The molecule has 1 saturated carbocycles. The average Bonchev–Trinajstić information content (AvgIpc) is 2.53. The molecule has 3 atom stereocenters. The van der Waals surface area contributed by atoms with Crippen molar-refractivity contribution in [1.82, 2.24) is 5.32 Å². The molecule has 2 aliphatic rings. The van der Waals surface area contributed by atoms with Gasteiger partial charge in [0.25, 0.3) is 0 Å². The van der Waals surface area contributed by atoms with E-state index in [4.69, 9.17) is 0 Å². The maximum absolute atomic E-state index is 3.83. The van der Waals surface area contributed by atoms with E-state index in [2.05, 4.69) is 51.3 Å². The molecule has 0 aromatic heterocycles. The Morgan fingerprint density at radius 1 is 1.19 bits per heavy atom. The van der Waals surface area contributed by atoms with Crippen molar-refractivity contribution >= 4 is 21.6 Å². The van der Waals surface area contributed by atoms with Gasteiger partial charge in [-0.3, -0.25) is 0 Å². The molecule has 2 fully saturated rings. The van der Waals surface area contributed by atoms with Crippen LogP contribution in [0.25, 0.3) is 0 Å². The Kier molecular flexibility index (Phi) is 4.90. The van der Waals surface area contributed by atoms with Crippen molar-refractivity contribution in [3.8, 4) is 0 Å². The second-order valence-corrected chi connectivity index (χ2v) is 7.52. The van der Waals surface area contributed by atoms with E-state index in [0.29, 0.717) is 6.04 Å². The molecule has 1 aliphatic carbocycles. The van der Waals surface area contributed by atoms with E-state index in [-0.39, 0.29) is 0 Å². The highest BCUT2D eigenvalue weighted by atomic mass is 79.9. The van der Waals surface area contributed by atoms with Gasteiger partial charge in [0.15, 0.2) is 0 Å². The molecule has 1 N–H and O–H groups in total. The number of hydrogen-bond donors (Lipinski definition) is 1. The van der Waals surface area contributed by atoms with Crippen LogP contribution in [0.15, 0.2) is 22.7 Å². The summed E-state index contributed by atoms with van der Waals surface area (Å²) in [7, 11) is 2.02. The van der Waals surface area contributed by atoms with E-state index in [0.717, 1.165) is 12.0 Å². The fraction of sp³-hybridized carbons (Fsp3) is 0.667. The maximum atomic E-state index is 3.83. The predicted molar refractivity (Wildman–Crippen MR) is 93.9 cm³/mol. The number of piperidine rings is 1. The average molecular weight is 351 g/mol. The van der Waals surface area contributed by atoms with E-state index < -0.39 is 0 Å². The monoisotopic (exact) mass is 350 g/mol. The van der Waals surface area contributed by atoms with Gasteiger partial charge in [0.1, 0.15) is 0 Å². The van der Waals surface area contributed by atoms with Crippen LogP contribution in [0.2, 0.25) is 0 Å². The summed E-state index contributed by atoms with van der Waals surface area (Å²) in [5, 5.41) is 3.32. The van der Waals surface area contributed by atoms with Gasteiger partial charge >= 0.3 is 0 Å². The highest BCUT2D eigenvalue weighted by Crippen LogP contribution is 2.40.